The zero-order valence-corrected chi connectivity index (χ0v) is 9.14. The maximum atomic E-state index is 13.3. The van der Waals surface area contributed by atoms with Crippen molar-refractivity contribution in [2.75, 3.05) is 0 Å². The van der Waals surface area contributed by atoms with E-state index in [2.05, 4.69) is 4.98 Å². The first kappa shape index (κ1) is 9.96. The fraction of sp³-hybridized carbons (Fsp3) is 0.0769. The third-order valence-corrected chi connectivity index (χ3v) is 2.86. The number of hydrogen-bond acceptors (Lipinski definition) is 2. The van der Waals surface area contributed by atoms with Gasteiger partial charge in [-0.2, -0.15) is 0 Å². The van der Waals surface area contributed by atoms with E-state index in [1.165, 1.54) is 12.1 Å². The predicted octanol–water partition coefficient (Wildman–Crippen LogP) is 2.75. The molecule has 0 aliphatic carbocycles. The topological polar surface area (TPSA) is 34.4 Å². The molecule has 0 saturated heterocycles. The molecule has 17 heavy (non-hydrogen) atoms. The van der Waals surface area contributed by atoms with Gasteiger partial charge >= 0.3 is 0 Å². The van der Waals surface area contributed by atoms with E-state index in [4.69, 9.17) is 0 Å². The normalized spacial score (nSPS) is 11.2. The molecule has 1 aromatic carbocycles. The number of halogens is 1. The van der Waals surface area contributed by atoms with Crippen LogP contribution in [0.1, 0.15) is 16.1 Å². The second-order valence-electron chi connectivity index (χ2n) is 4.00. The summed E-state index contributed by atoms with van der Waals surface area (Å²) < 4.78 is 15.0. The lowest BCUT2D eigenvalue weighted by Crippen LogP contribution is -1.90. The summed E-state index contributed by atoms with van der Waals surface area (Å²) in [7, 11) is 0. The monoisotopic (exact) mass is 228 g/mol. The van der Waals surface area contributed by atoms with E-state index in [1.807, 2.05) is 13.0 Å². The number of aldehydes is 1. The lowest BCUT2D eigenvalue weighted by molar-refractivity contribution is 0.111. The molecule has 2 aromatic heterocycles. The number of pyridine rings is 1. The van der Waals surface area contributed by atoms with Gasteiger partial charge in [0, 0.05) is 11.6 Å². The van der Waals surface area contributed by atoms with Crippen LogP contribution in [-0.4, -0.2) is 15.7 Å². The van der Waals surface area contributed by atoms with Crippen LogP contribution in [-0.2, 0) is 0 Å². The first-order valence-corrected chi connectivity index (χ1v) is 5.22. The van der Waals surface area contributed by atoms with Crippen molar-refractivity contribution in [3.05, 3.63) is 47.5 Å². The highest BCUT2D eigenvalue weighted by Gasteiger charge is 2.07. The van der Waals surface area contributed by atoms with E-state index in [-0.39, 0.29) is 5.82 Å². The quantitative estimate of drug-likeness (QED) is 0.600. The third-order valence-electron chi connectivity index (χ3n) is 2.86. The van der Waals surface area contributed by atoms with Gasteiger partial charge in [-0.15, -0.1) is 0 Å². The summed E-state index contributed by atoms with van der Waals surface area (Å²) in [4.78, 5) is 14.9. The van der Waals surface area contributed by atoms with Crippen molar-refractivity contribution in [2.24, 2.45) is 0 Å². The van der Waals surface area contributed by atoms with Gasteiger partial charge in [0.15, 0.2) is 6.29 Å². The maximum Gasteiger partial charge on any atom is 0.170 e. The Morgan fingerprint density at radius 1 is 1.35 bits per heavy atom. The fourth-order valence-corrected chi connectivity index (χ4v) is 2.07. The van der Waals surface area contributed by atoms with E-state index < -0.39 is 0 Å². The van der Waals surface area contributed by atoms with Crippen molar-refractivity contribution < 1.29 is 9.18 Å². The first-order chi connectivity index (χ1) is 8.19. The average molecular weight is 228 g/mol. The molecular weight excluding hydrogens is 219 g/mol. The Labute approximate surface area is 96.5 Å². The maximum absolute atomic E-state index is 13.3. The van der Waals surface area contributed by atoms with Crippen molar-refractivity contribution in [1.82, 2.24) is 9.38 Å². The molecule has 0 amide bonds. The van der Waals surface area contributed by atoms with E-state index in [1.54, 1.807) is 16.7 Å². The summed E-state index contributed by atoms with van der Waals surface area (Å²) in [5.74, 6) is -0.300. The molecule has 0 radical (unpaired) electrons. The number of carbonyl (C=O) groups excluding carboxylic acids is 1. The molecule has 0 fully saturated rings. The molecule has 0 aliphatic heterocycles. The largest absolute Gasteiger partial charge is 0.299 e. The standard InChI is InChI=1S/C13H9FN2O/c1-8-4-13-15-10(7-17)6-16(13)12-5-9(14)2-3-11(8)12/h2-7H,1H3. The fourth-order valence-electron chi connectivity index (χ4n) is 2.07. The van der Waals surface area contributed by atoms with E-state index in [0.717, 1.165) is 16.5 Å². The summed E-state index contributed by atoms with van der Waals surface area (Å²) in [5.41, 5.74) is 2.74. The van der Waals surface area contributed by atoms with Gasteiger partial charge in [0.2, 0.25) is 0 Å². The Kier molecular flexibility index (Phi) is 1.98. The molecule has 0 atom stereocenters. The lowest BCUT2D eigenvalue weighted by atomic mass is 10.1. The van der Waals surface area contributed by atoms with Crippen LogP contribution in [0.3, 0.4) is 0 Å². The van der Waals surface area contributed by atoms with Crippen LogP contribution in [0.5, 0.6) is 0 Å². The van der Waals surface area contributed by atoms with Gasteiger partial charge in [-0.1, -0.05) is 0 Å². The second-order valence-corrected chi connectivity index (χ2v) is 4.00. The van der Waals surface area contributed by atoms with Crippen LogP contribution in [0.4, 0.5) is 4.39 Å². The zero-order chi connectivity index (χ0) is 12.0. The predicted molar refractivity (Wildman–Crippen MR) is 62.8 cm³/mol. The number of nitrogens with zero attached hydrogens (tertiary/aromatic N) is 2. The zero-order valence-electron chi connectivity index (χ0n) is 9.14. The highest BCUT2D eigenvalue weighted by Crippen LogP contribution is 2.22. The van der Waals surface area contributed by atoms with Crippen LogP contribution < -0.4 is 0 Å². The molecule has 0 bridgehead atoms. The second kappa shape index (κ2) is 3.38. The Balaban J connectivity index is 2.55. The van der Waals surface area contributed by atoms with E-state index >= 15 is 0 Å². The van der Waals surface area contributed by atoms with Gasteiger partial charge in [-0.25, -0.2) is 9.37 Å². The van der Waals surface area contributed by atoms with Gasteiger partial charge in [0.05, 0.1) is 5.52 Å². The lowest BCUT2D eigenvalue weighted by Gasteiger charge is -2.05. The highest BCUT2D eigenvalue weighted by molar-refractivity contribution is 5.86. The number of hydrogen-bond donors (Lipinski definition) is 0. The van der Waals surface area contributed by atoms with Gasteiger partial charge in [-0.3, -0.25) is 9.20 Å². The summed E-state index contributed by atoms with van der Waals surface area (Å²) >= 11 is 0. The third kappa shape index (κ3) is 1.41. The molecule has 3 nitrogen and oxygen atoms in total. The van der Waals surface area contributed by atoms with E-state index in [9.17, 15) is 9.18 Å². The first-order valence-electron chi connectivity index (χ1n) is 5.22. The molecule has 3 rings (SSSR count). The van der Waals surface area contributed by atoms with Gasteiger partial charge in [0.25, 0.3) is 0 Å². The number of aryl methyl sites for hydroxylation is 1. The molecule has 84 valence electrons. The van der Waals surface area contributed by atoms with Crippen LogP contribution in [0, 0.1) is 12.7 Å². The average Bonchev–Trinajstić information content (AvgIpc) is 2.72. The number of aromatic nitrogens is 2. The van der Waals surface area contributed by atoms with Crippen molar-refractivity contribution in [2.45, 2.75) is 6.92 Å². The van der Waals surface area contributed by atoms with Crippen LogP contribution in [0.15, 0.2) is 30.5 Å². The Morgan fingerprint density at radius 2 is 2.18 bits per heavy atom. The molecule has 0 unspecified atom stereocenters. The van der Waals surface area contributed by atoms with Gasteiger partial charge in [0.1, 0.15) is 17.2 Å². The molecular formula is C13H9FN2O. The SMILES string of the molecule is Cc1cc2nc(C=O)cn2c2cc(F)ccc12. The number of benzene rings is 1. The number of imidazole rings is 1. The number of carbonyl (C=O) groups is 1. The van der Waals surface area contributed by atoms with Crippen LogP contribution in [0.25, 0.3) is 16.6 Å². The van der Waals surface area contributed by atoms with Gasteiger partial charge < -0.3 is 0 Å². The van der Waals surface area contributed by atoms with Crippen molar-refractivity contribution in [1.29, 1.82) is 0 Å². The summed E-state index contributed by atoms with van der Waals surface area (Å²) in [6.45, 7) is 1.94. The molecule has 0 spiro atoms. The number of rotatable bonds is 1. The highest BCUT2D eigenvalue weighted by atomic mass is 19.1. The van der Waals surface area contributed by atoms with Gasteiger partial charge in [-0.05, 0) is 36.8 Å². The summed E-state index contributed by atoms with van der Waals surface area (Å²) in [6.07, 6.45) is 2.30. The molecule has 0 aliphatic rings. The molecule has 2 heterocycles. The van der Waals surface area contributed by atoms with Crippen molar-refractivity contribution in [3.8, 4) is 0 Å². The molecule has 3 aromatic rings. The minimum atomic E-state index is -0.300. The van der Waals surface area contributed by atoms with E-state index in [0.29, 0.717) is 17.6 Å². The molecule has 0 N–H and O–H groups in total. The van der Waals surface area contributed by atoms with Crippen LogP contribution >= 0.6 is 0 Å². The van der Waals surface area contributed by atoms with Crippen molar-refractivity contribution >= 4 is 22.8 Å². The molecule has 4 heteroatoms. The summed E-state index contributed by atoms with van der Waals surface area (Å²) in [5, 5.41) is 0.953. The Bertz CT molecular complexity index is 746. The summed E-state index contributed by atoms with van der Waals surface area (Å²) in [6, 6.07) is 6.50. The molecule has 0 saturated carbocycles. The Hall–Kier alpha value is -2.23. The number of fused-ring (bicyclic) bond motifs is 3. The Morgan fingerprint density at radius 3 is 2.94 bits per heavy atom. The smallest absolute Gasteiger partial charge is 0.170 e. The van der Waals surface area contributed by atoms with Crippen LogP contribution in [0.2, 0.25) is 0 Å². The minimum Gasteiger partial charge on any atom is -0.299 e. The minimum absolute atomic E-state index is 0.300. The van der Waals surface area contributed by atoms with Crippen molar-refractivity contribution in [3.63, 3.8) is 0 Å².